The fourth-order valence-corrected chi connectivity index (χ4v) is 3.54. The number of aliphatic hydroxyl groups is 3. The summed E-state index contributed by atoms with van der Waals surface area (Å²) in [7, 11) is -2.72. The van der Waals surface area contributed by atoms with Crippen LogP contribution < -0.4 is 15.6 Å². The minimum atomic E-state index is -4.05. The predicted octanol–water partition coefficient (Wildman–Crippen LogP) is -2.57. The monoisotopic (exact) mass is 428 g/mol. The Bertz CT molecular complexity index is 933. The van der Waals surface area contributed by atoms with Gasteiger partial charge in [-0.2, -0.15) is 0 Å². The minimum Gasteiger partial charge on any atom is -0.388 e. The number of benzene rings is 1. The Kier molecular flexibility index (Phi) is 6.00. The quantitative estimate of drug-likeness (QED) is 0.167. The van der Waals surface area contributed by atoms with Crippen molar-refractivity contribution in [2.24, 2.45) is 0 Å². The zero-order valence-electron chi connectivity index (χ0n) is 15.1. The molecule has 2 fully saturated rings. The topological polar surface area (TPSA) is 178 Å². The Morgan fingerprint density at radius 1 is 1.17 bits per heavy atom. The van der Waals surface area contributed by atoms with Crippen molar-refractivity contribution >= 4 is 28.0 Å². The SMILES string of the molecule is CN1C(=O)N/C(=C\c2ccc(S(=O)(=O)NN[C@@H]3OC[C@H](O)[C@H](O)[C@H]3O)cc2)C1=O. The fourth-order valence-electron chi connectivity index (χ4n) is 2.66. The molecule has 158 valence electrons. The highest BCUT2D eigenvalue weighted by molar-refractivity contribution is 7.89. The molecule has 6 N–H and O–H groups in total. The van der Waals surface area contributed by atoms with Gasteiger partial charge in [0, 0.05) is 7.05 Å². The molecular formula is C16H20N4O8S. The van der Waals surface area contributed by atoms with Gasteiger partial charge in [-0.3, -0.25) is 9.69 Å². The summed E-state index contributed by atoms with van der Waals surface area (Å²) in [5.74, 6) is -0.504. The molecule has 12 nitrogen and oxygen atoms in total. The molecule has 29 heavy (non-hydrogen) atoms. The van der Waals surface area contributed by atoms with Crippen LogP contribution in [0, 0.1) is 0 Å². The van der Waals surface area contributed by atoms with Gasteiger partial charge in [-0.15, -0.1) is 4.83 Å². The van der Waals surface area contributed by atoms with E-state index < -0.39 is 46.5 Å². The molecule has 2 aliphatic heterocycles. The highest BCUT2D eigenvalue weighted by Gasteiger charge is 2.38. The average Bonchev–Trinajstić information content (AvgIpc) is 2.93. The third-order valence-electron chi connectivity index (χ3n) is 4.42. The lowest BCUT2D eigenvalue weighted by Gasteiger charge is -2.35. The van der Waals surface area contributed by atoms with Gasteiger partial charge in [0.1, 0.15) is 30.2 Å². The van der Waals surface area contributed by atoms with E-state index in [1.54, 1.807) is 0 Å². The molecule has 2 heterocycles. The lowest BCUT2D eigenvalue weighted by Crippen LogP contribution is -2.61. The molecule has 1 aromatic rings. The second-order valence-electron chi connectivity index (χ2n) is 6.47. The summed E-state index contributed by atoms with van der Waals surface area (Å²) in [6.45, 7) is -0.286. The zero-order chi connectivity index (χ0) is 21.3. The third-order valence-corrected chi connectivity index (χ3v) is 5.70. The highest BCUT2D eigenvalue weighted by Crippen LogP contribution is 2.16. The third kappa shape index (κ3) is 4.45. The van der Waals surface area contributed by atoms with Crippen LogP contribution in [0.1, 0.15) is 5.56 Å². The molecule has 0 radical (unpaired) electrons. The number of hydrazine groups is 1. The number of amides is 3. The Hall–Kier alpha value is -2.39. The molecule has 0 aliphatic carbocycles. The van der Waals surface area contributed by atoms with Gasteiger partial charge >= 0.3 is 6.03 Å². The molecule has 2 aliphatic rings. The van der Waals surface area contributed by atoms with E-state index in [-0.39, 0.29) is 17.2 Å². The predicted molar refractivity (Wildman–Crippen MR) is 96.9 cm³/mol. The van der Waals surface area contributed by atoms with Gasteiger partial charge in [0.25, 0.3) is 15.9 Å². The van der Waals surface area contributed by atoms with Gasteiger partial charge in [0.15, 0.2) is 0 Å². The van der Waals surface area contributed by atoms with Crippen molar-refractivity contribution in [1.82, 2.24) is 20.5 Å². The summed E-state index contributed by atoms with van der Waals surface area (Å²) in [4.78, 5) is 26.1. The normalized spacial score (nSPS) is 29.4. The van der Waals surface area contributed by atoms with Crippen LogP contribution in [0.25, 0.3) is 6.08 Å². The number of ether oxygens (including phenoxy) is 1. The first-order valence-electron chi connectivity index (χ1n) is 8.44. The fraction of sp³-hybridized carbons (Fsp3) is 0.375. The van der Waals surface area contributed by atoms with Gasteiger partial charge in [-0.05, 0) is 23.8 Å². The molecule has 3 rings (SSSR count). The maximum Gasteiger partial charge on any atom is 0.328 e. The number of aliphatic hydroxyl groups excluding tert-OH is 3. The molecule has 0 aromatic heterocycles. The summed E-state index contributed by atoms with van der Waals surface area (Å²) < 4.78 is 29.8. The second kappa shape index (κ2) is 8.16. The number of rotatable bonds is 5. The largest absolute Gasteiger partial charge is 0.388 e. The Morgan fingerprint density at radius 2 is 1.83 bits per heavy atom. The lowest BCUT2D eigenvalue weighted by atomic mass is 10.1. The number of urea groups is 1. The summed E-state index contributed by atoms with van der Waals surface area (Å²) in [5, 5.41) is 31.2. The van der Waals surface area contributed by atoms with E-state index in [9.17, 15) is 33.3 Å². The van der Waals surface area contributed by atoms with Crippen molar-refractivity contribution in [3.8, 4) is 0 Å². The number of hydrogen-bond donors (Lipinski definition) is 6. The number of nitrogens with zero attached hydrogens (tertiary/aromatic N) is 1. The molecule has 3 amide bonds. The smallest absolute Gasteiger partial charge is 0.328 e. The first-order chi connectivity index (χ1) is 13.6. The number of carbonyl (C=O) groups excluding carboxylic acids is 2. The van der Waals surface area contributed by atoms with E-state index >= 15 is 0 Å². The van der Waals surface area contributed by atoms with Crippen LogP contribution in [-0.2, 0) is 19.6 Å². The van der Waals surface area contributed by atoms with Crippen LogP contribution in [0.2, 0.25) is 0 Å². The molecular weight excluding hydrogens is 408 g/mol. The standard InChI is InChI=1S/C16H20N4O8S/c1-20-15(24)10(17-16(20)25)6-8-2-4-9(5-3-8)29(26,27)19-18-14-13(23)12(22)11(21)7-28-14/h2-6,11-14,18-19,21-23H,7H2,1H3,(H,17,25)/b10-6-/t11-,12-,13+,14+/m0/s1. The van der Waals surface area contributed by atoms with E-state index in [4.69, 9.17) is 4.74 Å². The number of hydrogen-bond acceptors (Lipinski definition) is 9. The van der Waals surface area contributed by atoms with Crippen molar-refractivity contribution in [3.63, 3.8) is 0 Å². The lowest BCUT2D eigenvalue weighted by molar-refractivity contribution is -0.196. The first-order valence-corrected chi connectivity index (χ1v) is 9.92. The molecule has 0 bridgehead atoms. The molecule has 2 saturated heterocycles. The Balaban J connectivity index is 1.66. The van der Waals surface area contributed by atoms with Crippen LogP contribution in [-0.4, -0.2) is 78.8 Å². The van der Waals surface area contributed by atoms with Gasteiger partial charge < -0.3 is 25.4 Å². The number of sulfonamides is 1. The average molecular weight is 428 g/mol. The molecule has 0 unspecified atom stereocenters. The highest BCUT2D eigenvalue weighted by atomic mass is 32.2. The molecule has 0 spiro atoms. The van der Waals surface area contributed by atoms with Crippen LogP contribution in [0.5, 0.6) is 0 Å². The van der Waals surface area contributed by atoms with Gasteiger partial charge in [0.2, 0.25) is 0 Å². The minimum absolute atomic E-state index is 0.0667. The van der Waals surface area contributed by atoms with Crippen LogP contribution in [0.15, 0.2) is 34.9 Å². The number of nitrogens with one attached hydrogen (secondary N) is 3. The van der Waals surface area contributed by atoms with Gasteiger partial charge in [-0.25, -0.2) is 18.6 Å². The Labute approximate surface area is 165 Å². The van der Waals surface area contributed by atoms with Crippen LogP contribution in [0.3, 0.4) is 0 Å². The molecule has 0 saturated carbocycles. The second-order valence-corrected chi connectivity index (χ2v) is 8.16. The summed E-state index contributed by atoms with van der Waals surface area (Å²) >= 11 is 0. The summed E-state index contributed by atoms with van der Waals surface area (Å²) in [5.41, 5.74) is 2.81. The van der Waals surface area contributed by atoms with Crippen molar-refractivity contribution in [3.05, 3.63) is 35.5 Å². The maximum atomic E-state index is 12.4. The molecule has 1 aromatic carbocycles. The van der Waals surface area contributed by atoms with E-state index in [2.05, 4.69) is 10.7 Å². The van der Waals surface area contributed by atoms with Crippen LogP contribution >= 0.6 is 0 Å². The van der Waals surface area contributed by atoms with Crippen molar-refractivity contribution in [2.45, 2.75) is 29.4 Å². The number of likely N-dealkylation sites (N-methyl/N-ethyl adjacent to an activating group) is 1. The van der Waals surface area contributed by atoms with E-state index in [1.165, 1.54) is 37.4 Å². The van der Waals surface area contributed by atoms with E-state index in [0.29, 0.717) is 5.56 Å². The molecule has 4 atom stereocenters. The Morgan fingerprint density at radius 3 is 2.41 bits per heavy atom. The maximum absolute atomic E-state index is 12.4. The number of imide groups is 1. The van der Waals surface area contributed by atoms with E-state index in [0.717, 1.165) is 4.90 Å². The van der Waals surface area contributed by atoms with Crippen molar-refractivity contribution in [2.75, 3.05) is 13.7 Å². The summed E-state index contributed by atoms with van der Waals surface area (Å²) in [6, 6.07) is 4.87. The van der Waals surface area contributed by atoms with E-state index in [1.807, 2.05) is 4.83 Å². The zero-order valence-corrected chi connectivity index (χ0v) is 16.0. The van der Waals surface area contributed by atoms with Crippen LogP contribution in [0.4, 0.5) is 4.79 Å². The van der Waals surface area contributed by atoms with Gasteiger partial charge in [-0.1, -0.05) is 12.1 Å². The molecule has 13 heteroatoms. The number of carbonyl (C=O) groups is 2. The van der Waals surface area contributed by atoms with Crippen molar-refractivity contribution in [1.29, 1.82) is 0 Å². The van der Waals surface area contributed by atoms with Crippen molar-refractivity contribution < 1.29 is 38.1 Å². The first kappa shape index (κ1) is 21.3. The van der Waals surface area contributed by atoms with Gasteiger partial charge in [0.05, 0.1) is 11.5 Å². The summed E-state index contributed by atoms with van der Waals surface area (Å²) in [6.07, 6.45) is -4.17.